The molecule has 130 valence electrons. The van der Waals surface area contributed by atoms with Gasteiger partial charge in [0, 0.05) is 10.6 Å². The third kappa shape index (κ3) is 3.26. The lowest BCUT2D eigenvalue weighted by atomic mass is 9.95. The van der Waals surface area contributed by atoms with Crippen LogP contribution in [0.3, 0.4) is 0 Å². The van der Waals surface area contributed by atoms with Gasteiger partial charge in [-0.15, -0.1) is 0 Å². The molecule has 1 N–H and O–H groups in total. The molecule has 5 nitrogen and oxygen atoms in total. The lowest BCUT2D eigenvalue weighted by Crippen LogP contribution is -2.39. The number of aryl methyl sites for hydroxylation is 1. The molecule has 0 bridgehead atoms. The summed E-state index contributed by atoms with van der Waals surface area (Å²) >= 11 is 6.08. The molecular formula is C18H22ClNO4. The molecule has 0 atom stereocenters. The molecule has 24 heavy (non-hydrogen) atoms. The van der Waals surface area contributed by atoms with Gasteiger partial charge >= 0.3 is 5.97 Å². The Bertz CT molecular complexity index is 735. The van der Waals surface area contributed by atoms with Gasteiger partial charge in [-0.1, -0.05) is 25.4 Å². The van der Waals surface area contributed by atoms with Crippen molar-refractivity contribution in [3.63, 3.8) is 0 Å². The molecule has 0 saturated carbocycles. The minimum Gasteiger partial charge on any atom is -0.496 e. The SMILES string of the molecule is COc1cc(Cl)cc(C)c1C1=C(OC(=O)C(C)C)C(C)(C)NC1=O. The number of hydrogen-bond donors (Lipinski definition) is 1. The van der Waals surface area contributed by atoms with E-state index in [4.69, 9.17) is 21.1 Å². The van der Waals surface area contributed by atoms with E-state index in [0.717, 1.165) is 5.56 Å². The van der Waals surface area contributed by atoms with Crippen molar-refractivity contribution in [2.45, 2.75) is 40.2 Å². The summed E-state index contributed by atoms with van der Waals surface area (Å²) in [6.07, 6.45) is 0. The molecule has 1 heterocycles. The van der Waals surface area contributed by atoms with Gasteiger partial charge in [0.2, 0.25) is 0 Å². The second-order valence-corrected chi connectivity index (χ2v) is 7.10. The molecule has 1 aromatic carbocycles. The van der Waals surface area contributed by atoms with Gasteiger partial charge in [0.05, 0.1) is 24.1 Å². The molecule has 1 amide bonds. The average Bonchev–Trinajstić information content (AvgIpc) is 2.67. The van der Waals surface area contributed by atoms with Crippen LogP contribution in [0.15, 0.2) is 17.9 Å². The normalized spacial score (nSPS) is 16.4. The summed E-state index contributed by atoms with van der Waals surface area (Å²) in [4.78, 5) is 24.7. The van der Waals surface area contributed by atoms with Crippen LogP contribution in [-0.4, -0.2) is 24.5 Å². The fourth-order valence-corrected chi connectivity index (χ4v) is 2.90. The summed E-state index contributed by atoms with van der Waals surface area (Å²) in [6, 6.07) is 3.38. The van der Waals surface area contributed by atoms with Crippen LogP contribution in [0.25, 0.3) is 5.57 Å². The summed E-state index contributed by atoms with van der Waals surface area (Å²) in [7, 11) is 1.51. The molecule has 0 unspecified atom stereocenters. The number of rotatable bonds is 4. The Hall–Kier alpha value is -2.01. The minimum atomic E-state index is -0.798. The molecule has 0 aliphatic carbocycles. The Morgan fingerprint density at radius 1 is 1.29 bits per heavy atom. The van der Waals surface area contributed by atoms with Crippen LogP contribution in [0.5, 0.6) is 5.75 Å². The van der Waals surface area contributed by atoms with E-state index in [9.17, 15) is 9.59 Å². The lowest BCUT2D eigenvalue weighted by molar-refractivity contribution is -0.144. The molecule has 1 aliphatic heterocycles. The Labute approximate surface area is 147 Å². The van der Waals surface area contributed by atoms with Crippen molar-refractivity contribution in [3.05, 3.63) is 34.0 Å². The van der Waals surface area contributed by atoms with Gasteiger partial charge in [0.15, 0.2) is 0 Å². The Morgan fingerprint density at radius 2 is 1.92 bits per heavy atom. The van der Waals surface area contributed by atoms with Gasteiger partial charge in [-0.05, 0) is 38.5 Å². The highest BCUT2D eigenvalue weighted by Gasteiger charge is 2.43. The van der Waals surface area contributed by atoms with E-state index in [1.54, 1.807) is 39.8 Å². The summed E-state index contributed by atoms with van der Waals surface area (Å²) in [5.74, 6) is -0.248. The number of carbonyl (C=O) groups is 2. The summed E-state index contributed by atoms with van der Waals surface area (Å²) < 4.78 is 11.0. The first-order valence-electron chi connectivity index (χ1n) is 7.72. The molecule has 1 aliphatic rings. The predicted octanol–water partition coefficient (Wildman–Crippen LogP) is 3.48. The fraction of sp³-hybridized carbons (Fsp3) is 0.444. The van der Waals surface area contributed by atoms with Gasteiger partial charge in [0.25, 0.3) is 5.91 Å². The first-order chi connectivity index (χ1) is 11.1. The maximum absolute atomic E-state index is 12.6. The van der Waals surface area contributed by atoms with E-state index in [2.05, 4.69) is 5.32 Å². The van der Waals surface area contributed by atoms with Crippen molar-refractivity contribution in [3.8, 4) is 5.75 Å². The van der Waals surface area contributed by atoms with Crippen molar-refractivity contribution < 1.29 is 19.1 Å². The zero-order valence-corrected chi connectivity index (χ0v) is 15.5. The topological polar surface area (TPSA) is 64.6 Å². The maximum Gasteiger partial charge on any atom is 0.313 e. The van der Waals surface area contributed by atoms with E-state index in [1.807, 2.05) is 6.92 Å². The quantitative estimate of drug-likeness (QED) is 0.843. The van der Waals surface area contributed by atoms with Crippen LogP contribution in [0.1, 0.15) is 38.8 Å². The van der Waals surface area contributed by atoms with Gasteiger partial charge < -0.3 is 14.8 Å². The van der Waals surface area contributed by atoms with Crippen molar-refractivity contribution in [1.29, 1.82) is 0 Å². The second-order valence-electron chi connectivity index (χ2n) is 6.66. The molecule has 1 aromatic rings. The highest BCUT2D eigenvalue weighted by atomic mass is 35.5. The predicted molar refractivity (Wildman–Crippen MR) is 92.8 cm³/mol. The van der Waals surface area contributed by atoms with Gasteiger partial charge in [-0.2, -0.15) is 0 Å². The first-order valence-corrected chi connectivity index (χ1v) is 8.09. The van der Waals surface area contributed by atoms with E-state index in [1.165, 1.54) is 7.11 Å². The Kier molecular flexibility index (Phi) is 4.95. The molecule has 0 radical (unpaired) electrons. The molecule has 2 rings (SSSR count). The zero-order valence-electron chi connectivity index (χ0n) is 14.7. The molecule has 6 heteroatoms. The summed E-state index contributed by atoms with van der Waals surface area (Å²) in [5, 5.41) is 3.36. The largest absolute Gasteiger partial charge is 0.496 e. The smallest absolute Gasteiger partial charge is 0.313 e. The van der Waals surface area contributed by atoms with Gasteiger partial charge in [-0.25, -0.2) is 0 Å². The van der Waals surface area contributed by atoms with E-state index >= 15 is 0 Å². The number of carbonyl (C=O) groups excluding carboxylic acids is 2. The maximum atomic E-state index is 12.6. The molecule has 0 aromatic heterocycles. The van der Waals surface area contributed by atoms with Crippen LogP contribution in [0.2, 0.25) is 5.02 Å². The number of esters is 1. The second kappa shape index (κ2) is 6.48. The summed E-state index contributed by atoms with van der Waals surface area (Å²) in [6.45, 7) is 8.90. The average molecular weight is 352 g/mol. The number of nitrogens with one attached hydrogen (secondary N) is 1. The highest BCUT2D eigenvalue weighted by Crippen LogP contribution is 2.40. The van der Waals surface area contributed by atoms with Crippen molar-refractivity contribution in [2.24, 2.45) is 5.92 Å². The zero-order chi connectivity index (χ0) is 18.2. The molecular weight excluding hydrogens is 330 g/mol. The van der Waals surface area contributed by atoms with Crippen molar-refractivity contribution in [1.82, 2.24) is 5.32 Å². The number of benzene rings is 1. The van der Waals surface area contributed by atoms with Crippen LogP contribution in [-0.2, 0) is 14.3 Å². The minimum absolute atomic E-state index is 0.301. The number of methoxy groups -OCH3 is 1. The third-order valence-electron chi connectivity index (χ3n) is 3.86. The van der Waals surface area contributed by atoms with Crippen LogP contribution >= 0.6 is 11.6 Å². The monoisotopic (exact) mass is 351 g/mol. The Balaban J connectivity index is 2.71. The van der Waals surface area contributed by atoms with Gasteiger partial charge in [-0.3, -0.25) is 9.59 Å². The number of ether oxygens (including phenoxy) is 2. The molecule has 0 spiro atoms. The first kappa shape index (κ1) is 18.3. The lowest BCUT2D eigenvalue weighted by Gasteiger charge is -2.22. The Morgan fingerprint density at radius 3 is 2.46 bits per heavy atom. The van der Waals surface area contributed by atoms with Gasteiger partial charge in [0.1, 0.15) is 11.5 Å². The molecule has 0 fully saturated rings. The molecule has 0 saturated heterocycles. The third-order valence-corrected chi connectivity index (χ3v) is 4.07. The number of hydrogen-bond acceptors (Lipinski definition) is 4. The summed E-state index contributed by atoms with van der Waals surface area (Å²) in [5.41, 5.74) is 0.852. The van der Waals surface area contributed by atoms with Crippen molar-refractivity contribution >= 4 is 29.1 Å². The van der Waals surface area contributed by atoms with E-state index in [-0.39, 0.29) is 11.8 Å². The van der Waals surface area contributed by atoms with Crippen LogP contribution < -0.4 is 10.1 Å². The number of amides is 1. The van der Waals surface area contributed by atoms with Crippen LogP contribution in [0, 0.1) is 12.8 Å². The van der Waals surface area contributed by atoms with Crippen molar-refractivity contribution in [2.75, 3.05) is 7.11 Å². The highest BCUT2D eigenvalue weighted by molar-refractivity contribution is 6.31. The van der Waals surface area contributed by atoms with Crippen LogP contribution in [0.4, 0.5) is 0 Å². The fourth-order valence-electron chi connectivity index (χ4n) is 2.64. The number of halogens is 1. The van der Waals surface area contributed by atoms with E-state index < -0.39 is 11.5 Å². The van der Waals surface area contributed by atoms with E-state index in [0.29, 0.717) is 27.7 Å². The standard InChI is InChI=1S/C18H22ClNO4/c1-9(2)17(22)24-15-14(16(21)20-18(15,4)5)13-10(3)7-11(19)8-12(13)23-6/h7-9H,1-6H3,(H,20,21).